The normalized spacial score (nSPS) is 20.0. The van der Waals surface area contributed by atoms with E-state index in [-0.39, 0.29) is 24.4 Å². The number of hydrogen-bond acceptors (Lipinski definition) is 4. The predicted molar refractivity (Wildman–Crippen MR) is 89.3 cm³/mol. The molecule has 3 N–H and O–H groups in total. The van der Waals surface area contributed by atoms with Crippen LogP contribution in [0, 0.1) is 0 Å². The number of aromatic nitrogens is 2. The predicted octanol–water partition coefficient (Wildman–Crippen LogP) is 0.692. The Morgan fingerprint density at radius 1 is 1.39 bits per heavy atom. The van der Waals surface area contributed by atoms with Crippen LogP contribution in [0.5, 0.6) is 0 Å². The summed E-state index contributed by atoms with van der Waals surface area (Å²) in [5.41, 5.74) is 2.20. The van der Waals surface area contributed by atoms with Gasteiger partial charge in [0, 0.05) is 25.5 Å². The van der Waals surface area contributed by atoms with E-state index >= 15 is 0 Å². The summed E-state index contributed by atoms with van der Waals surface area (Å²) in [7, 11) is 0. The van der Waals surface area contributed by atoms with Crippen LogP contribution in [0.3, 0.4) is 0 Å². The molecule has 3 rings (SSSR count). The summed E-state index contributed by atoms with van der Waals surface area (Å²) in [5.74, 6) is -0.0611. The first-order valence-electron chi connectivity index (χ1n) is 7.45. The lowest BCUT2D eigenvalue weighted by Gasteiger charge is -2.11. The molecule has 0 radical (unpaired) electrons. The van der Waals surface area contributed by atoms with E-state index in [0.717, 1.165) is 11.1 Å². The number of aliphatic hydroxyl groups is 1. The number of nitrogens with one attached hydrogen (secondary N) is 2. The van der Waals surface area contributed by atoms with Crippen LogP contribution in [0.1, 0.15) is 17.5 Å². The highest BCUT2D eigenvalue weighted by molar-refractivity contribution is 5.85. The molecule has 124 valence electrons. The average Bonchev–Trinajstić information content (AvgIpc) is 3.17. The maximum atomic E-state index is 12.0. The summed E-state index contributed by atoms with van der Waals surface area (Å²) in [6, 6.07) is 9.69. The molecule has 0 aliphatic carbocycles. The van der Waals surface area contributed by atoms with E-state index < -0.39 is 6.10 Å². The van der Waals surface area contributed by atoms with Crippen LogP contribution in [0.2, 0.25) is 0 Å². The van der Waals surface area contributed by atoms with Crippen molar-refractivity contribution in [3.63, 3.8) is 0 Å². The first-order chi connectivity index (χ1) is 10.7. The van der Waals surface area contributed by atoms with Crippen LogP contribution in [0.15, 0.2) is 42.7 Å². The van der Waals surface area contributed by atoms with Gasteiger partial charge in [-0.15, -0.1) is 12.4 Å². The molecule has 0 bridgehead atoms. The van der Waals surface area contributed by atoms with Crippen LogP contribution in [-0.4, -0.2) is 39.5 Å². The third kappa shape index (κ3) is 4.79. The van der Waals surface area contributed by atoms with Crippen LogP contribution < -0.4 is 10.6 Å². The molecule has 2 heterocycles. The van der Waals surface area contributed by atoms with Crippen molar-refractivity contribution in [1.82, 2.24) is 20.4 Å². The third-order valence-corrected chi connectivity index (χ3v) is 3.79. The van der Waals surface area contributed by atoms with Gasteiger partial charge in [0.2, 0.25) is 5.91 Å². The fourth-order valence-electron chi connectivity index (χ4n) is 2.65. The minimum Gasteiger partial charge on any atom is -0.392 e. The number of benzene rings is 1. The minimum absolute atomic E-state index is 0. The van der Waals surface area contributed by atoms with Crippen molar-refractivity contribution in [2.24, 2.45) is 0 Å². The lowest BCUT2D eigenvalue weighted by Crippen LogP contribution is -2.40. The fraction of sp³-hybridized carbons (Fsp3) is 0.375. The highest BCUT2D eigenvalue weighted by Gasteiger charge is 2.27. The maximum absolute atomic E-state index is 12.0. The molecule has 1 aromatic carbocycles. The van der Waals surface area contributed by atoms with Gasteiger partial charge in [0.25, 0.3) is 0 Å². The highest BCUT2D eigenvalue weighted by Crippen LogP contribution is 2.09. The molecule has 0 saturated carbocycles. The Morgan fingerprint density at radius 3 is 2.91 bits per heavy atom. The lowest BCUT2D eigenvalue weighted by atomic mass is 10.1. The third-order valence-electron chi connectivity index (χ3n) is 3.79. The molecule has 1 aromatic heterocycles. The molecule has 1 fully saturated rings. The van der Waals surface area contributed by atoms with Crippen molar-refractivity contribution >= 4 is 18.3 Å². The maximum Gasteiger partial charge on any atom is 0.237 e. The Hall–Kier alpha value is -1.89. The smallest absolute Gasteiger partial charge is 0.237 e. The molecule has 7 heteroatoms. The molecular weight excluding hydrogens is 316 g/mol. The van der Waals surface area contributed by atoms with Crippen LogP contribution in [0.25, 0.3) is 0 Å². The monoisotopic (exact) mass is 336 g/mol. The summed E-state index contributed by atoms with van der Waals surface area (Å²) in [6.45, 7) is 1.68. The Kier molecular flexibility index (Phi) is 6.15. The van der Waals surface area contributed by atoms with Gasteiger partial charge in [-0.3, -0.25) is 9.48 Å². The van der Waals surface area contributed by atoms with E-state index in [1.807, 2.05) is 35.1 Å². The number of rotatable bonds is 5. The number of nitrogens with zero attached hydrogens (tertiary/aromatic N) is 2. The zero-order chi connectivity index (χ0) is 15.4. The SMILES string of the molecule is Cl.O=C(NCc1cccc(Cn2cccn2)c1)C1CC(O)CN1. The van der Waals surface area contributed by atoms with Gasteiger partial charge in [-0.2, -0.15) is 5.10 Å². The lowest BCUT2D eigenvalue weighted by molar-refractivity contribution is -0.123. The summed E-state index contributed by atoms with van der Waals surface area (Å²) >= 11 is 0. The summed E-state index contributed by atoms with van der Waals surface area (Å²) < 4.78 is 1.86. The van der Waals surface area contributed by atoms with Crippen molar-refractivity contribution in [2.45, 2.75) is 31.7 Å². The number of carbonyl (C=O) groups is 1. The van der Waals surface area contributed by atoms with E-state index in [1.165, 1.54) is 0 Å². The summed E-state index contributed by atoms with van der Waals surface area (Å²) in [4.78, 5) is 12.0. The number of carbonyl (C=O) groups excluding carboxylic acids is 1. The summed E-state index contributed by atoms with van der Waals surface area (Å²) in [5, 5.41) is 19.6. The van der Waals surface area contributed by atoms with E-state index in [9.17, 15) is 9.90 Å². The Labute approximate surface area is 141 Å². The highest BCUT2D eigenvalue weighted by atomic mass is 35.5. The number of β-amino-alcohol motifs (C(OH)–C–C–N with tert-alkyl or cyclic N) is 1. The Morgan fingerprint density at radius 2 is 2.22 bits per heavy atom. The van der Waals surface area contributed by atoms with Crippen molar-refractivity contribution in [2.75, 3.05) is 6.54 Å². The largest absolute Gasteiger partial charge is 0.392 e. The van der Waals surface area contributed by atoms with Gasteiger partial charge in [0.15, 0.2) is 0 Å². The molecular formula is C16H21ClN4O2. The number of amides is 1. The van der Waals surface area contributed by atoms with E-state index in [0.29, 0.717) is 26.1 Å². The molecule has 2 aromatic rings. The van der Waals surface area contributed by atoms with Crippen molar-refractivity contribution < 1.29 is 9.90 Å². The summed E-state index contributed by atoms with van der Waals surface area (Å²) in [6.07, 6.45) is 3.73. The van der Waals surface area contributed by atoms with Gasteiger partial charge in [0.1, 0.15) is 0 Å². The second-order valence-electron chi connectivity index (χ2n) is 5.59. The van der Waals surface area contributed by atoms with Crippen LogP contribution in [-0.2, 0) is 17.9 Å². The standard InChI is InChI=1S/C16H20N4O2.ClH/c21-14-8-15(17-10-14)16(22)18-9-12-3-1-4-13(7-12)11-20-6-2-5-19-20;/h1-7,14-15,17,21H,8-11H2,(H,18,22);1H. The average molecular weight is 337 g/mol. The molecule has 6 nitrogen and oxygen atoms in total. The molecule has 1 aliphatic rings. The van der Waals surface area contributed by atoms with Crippen molar-refractivity contribution in [3.05, 3.63) is 53.9 Å². The second kappa shape index (κ2) is 8.10. The Bertz CT molecular complexity index is 633. The number of halogens is 1. The number of aliphatic hydroxyl groups excluding tert-OH is 1. The van der Waals surface area contributed by atoms with Crippen molar-refractivity contribution in [3.8, 4) is 0 Å². The molecule has 23 heavy (non-hydrogen) atoms. The van der Waals surface area contributed by atoms with E-state index in [4.69, 9.17) is 0 Å². The zero-order valence-electron chi connectivity index (χ0n) is 12.7. The molecule has 0 spiro atoms. The van der Waals surface area contributed by atoms with E-state index in [2.05, 4.69) is 21.8 Å². The molecule has 1 amide bonds. The van der Waals surface area contributed by atoms with Gasteiger partial charge in [0.05, 0.1) is 18.7 Å². The molecule has 2 unspecified atom stereocenters. The quantitative estimate of drug-likeness (QED) is 0.750. The fourth-order valence-corrected chi connectivity index (χ4v) is 2.65. The van der Waals surface area contributed by atoms with Crippen molar-refractivity contribution in [1.29, 1.82) is 0 Å². The first-order valence-corrected chi connectivity index (χ1v) is 7.45. The molecule has 1 saturated heterocycles. The topological polar surface area (TPSA) is 79.2 Å². The van der Waals surface area contributed by atoms with Gasteiger partial charge in [-0.05, 0) is 23.6 Å². The first kappa shape index (κ1) is 17.5. The van der Waals surface area contributed by atoms with Crippen LogP contribution in [0.4, 0.5) is 0 Å². The van der Waals surface area contributed by atoms with Crippen LogP contribution >= 0.6 is 12.4 Å². The molecule has 1 aliphatic heterocycles. The van der Waals surface area contributed by atoms with Gasteiger partial charge in [-0.1, -0.05) is 24.3 Å². The van der Waals surface area contributed by atoms with Gasteiger partial charge in [-0.25, -0.2) is 0 Å². The zero-order valence-corrected chi connectivity index (χ0v) is 13.5. The molecule has 2 atom stereocenters. The van der Waals surface area contributed by atoms with Gasteiger partial charge >= 0.3 is 0 Å². The van der Waals surface area contributed by atoms with Gasteiger partial charge < -0.3 is 15.7 Å². The van der Waals surface area contributed by atoms with E-state index in [1.54, 1.807) is 6.20 Å². The minimum atomic E-state index is -0.423. The second-order valence-corrected chi connectivity index (χ2v) is 5.59. The Balaban J connectivity index is 0.00000192. The number of hydrogen-bond donors (Lipinski definition) is 3.